The monoisotopic (exact) mass is 282 g/mol. The third-order valence-corrected chi connectivity index (χ3v) is 3.59. The van der Waals surface area contributed by atoms with Gasteiger partial charge in [0.1, 0.15) is 11.9 Å². The lowest BCUT2D eigenvalue weighted by Gasteiger charge is -2.35. The van der Waals surface area contributed by atoms with Crippen molar-refractivity contribution in [2.24, 2.45) is 0 Å². The van der Waals surface area contributed by atoms with Gasteiger partial charge in [-0.1, -0.05) is 18.2 Å². The van der Waals surface area contributed by atoms with Gasteiger partial charge in [-0.25, -0.2) is 4.39 Å². The topological polar surface area (TPSA) is 32.3 Å². The van der Waals surface area contributed by atoms with Crippen molar-refractivity contribution < 1.29 is 13.6 Å². The van der Waals surface area contributed by atoms with E-state index in [4.69, 9.17) is 0 Å². The molecule has 1 amide bonds. The first-order valence-electron chi connectivity index (χ1n) is 7.06. The zero-order valence-electron chi connectivity index (χ0n) is 11.4. The number of amides is 1. The molecule has 20 heavy (non-hydrogen) atoms. The number of rotatable bonds is 6. The van der Waals surface area contributed by atoms with E-state index < -0.39 is 6.04 Å². The normalized spacial score (nSPS) is 19.9. The van der Waals surface area contributed by atoms with Crippen LogP contribution in [0.1, 0.15) is 30.9 Å². The highest BCUT2D eigenvalue weighted by Gasteiger charge is 2.32. The molecule has 0 aliphatic carbocycles. The zero-order valence-corrected chi connectivity index (χ0v) is 11.4. The van der Waals surface area contributed by atoms with E-state index >= 15 is 0 Å². The molecule has 110 valence electrons. The molecular formula is C15H20F2N2O. The van der Waals surface area contributed by atoms with Crippen LogP contribution in [-0.4, -0.2) is 37.1 Å². The molecule has 1 saturated heterocycles. The average molecular weight is 282 g/mol. The number of hydrogen-bond donors (Lipinski definition) is 1. The summed E-state index contributed by atoms with van der Waals surface area (Å²) in [7, 11) is 0. The molecule has 1 N–H and O–H groups in total. The van der Waals surface area contributed by atoms with E-state index in [9.17, 15) is 13.6 Å². The highest BCUT2D eigenvalue weighted by atomic mass is 19.1. The van der Waals surface area contributed by atoms with E-state index in [0.29, 0.717) is 31.6 Å². The largest absolute Gasteiger partial charge is 0.353 e. The quantitative estimate of drug-likeness (QED) is 0.813. The van der Waals surface area contributed by atoms with Gasteiger partial charge < -0.3 is 5.32 Å². The third-order valence-electron chi connectivity index (χ3n) is 3.59. The number of piperazine rings is 1. The average Bonchev–Trinajstić information content (AvgIpc) is 2.45. The lowest BCUT2D eigenvalue weighted by molar-refractivity contribution is -0.129. The fraction of sp³-hybridized carbons (Fsp3) is 0.533. The van der Waals surface area contributed by atoms with Crippen molar-refractivity contribution in [3.63, 3.8) is 0 Å². The molecule has 0 saturated carbocycles. The predicted molar refractivity (Wildman–Crippen MR) is 73.5 cm³/mol. The standard InChI is InChI=1S/C15H20F2N2O/c16-8-4-1-5-10-19-11-9-18-15(20)14(19)12-6-2-3-7-13(12)17/h2-3,6-7,14H,1,4-5,8-11H2,(H,18,20). The van der Waals surface area contributed by atoms with Crippen LogP contribution in [0.15, 0.2) is 24.3 Å². The Morgan fingerprint density at radius 3 is 2.80 bits per heavy atom. The van der Waals surface area contributed by atoms with Crippen LogP contribution < -0.4 is 5.32 Å². The summed E-state index contributed by atoms with van der Waals surface area (Å²) < 4.78 is 26.0. The first kappa shape index (κ1) is 14.9. The van der Waals surface area contributed by atoms with Crippen LogP contribution in [0.25, 0.3) is 0 Å². The Bertz CT molecular complexity index is 453. The number of benzene rings is 1. The second-order valence-corrected chi connectivity index (χ2v) is 5.00. The summed E-state index contributed by atoms with van der Waals surface area (Å²) in [5.74, 6) is -0.518. The molecule has 1 aliphatic rings. The van der Waals surface area contributed by atoms with Gasteiger partial charge in [-0.15, -0.1) is 0 Å². The lowest BCUT2D eigenvalue weighted by atomic mass is 10.0. The highest BCUT2D eigenvalue weighted by molar-refractivity contribution is 5.84. The van der Waals surface area contributed by atoms with E-state index in [1.165, 1.54) is 6.07 Å². The number of alkyl halides is 1. The van der Waals surface area contributed by atoms with Crippen LogP contribution in [0.5, 0.6) is 0 Å². The molecule has 1 fully saturated rings. The maximum Gasteiger partial charge on any atom is 0.242 e. The van der Waals surface area contributed by atoms with Crippen LogP contribution in [0.4, 0.5) is 8.78 Å². The fourth-order valence-electron chi connectivity index (χ4n) is 2.58. The first-order chi connectivity index (χ1) is 9.74. The summed E-state index contributed by atoms with van der Waals surface area (Å²) in [6, 6.07) is 5.81. The fourth-order valence-corrected chi connectivity index (χ4v) is 2.58. The molecule has 3 nitrogen and oxygen atoms in total. The minimum atomic E-state index is -0.574. The van der Waals surface area contributed by atoms with Gasteiger partial charge in [-0.3, -0.25) is 14.1 Å². The van der Waals surface area contributed by atoms with E-state index in [-0.39, 0.29) is 18.4 Å². The van der Waals surface area contributed by atoms with Crippen molar-refractivity contribution in [1.29, 1.82) is 0 Å². The summed E-state index contributed by atoms with van der Waals surface area (Å²) in [4.78, 5) is 14.0. The van der Waals surface area contributed by atoms with Crippen molar-refractivity contribution in [1.82, 2.24) is 10.2 Å². The van der Waals surface area contributed by atoms with Crippen LogP contribution in [0, 0.1) is 5.82 Å². The van der Waals surface area contributed by atoms with Crippen molar-refractivity contribution in [2.45, 2.75) is 25.3 Å². The molecule has 1 heterocycles. The van der Waals surface area contributed by atoms with Gasteiger partial charge >= 0.3 is 0 Å². The van der Waals surface area contributed by atoms with Gasteiger partial charge in [0.15, 0.2) is 0 Å². The van der Waals surface area contributed by atoms with Gasteiger partial charge in [-0.05, 0) is 31.9 Å². The Balaban J connectivity index is 2.08. The Morgan fingerprint density at radius 1 is 1.25 bits per heavy atom. The number of carbonyl (C=O) groups is 1. The predicted octanol–water partition coefficient (Wildman–Crippen LogP) is 2.44. The molecule has 1 aromatic rings. The Morgan fingerprint density at radius 2 is 2.05 bits per heavy atom. The maximum absolute atomic E-state index is 13.9. The van der Waals surface area contributed by atoms with Gasteiger partial charge in [0.05, 0.1) is 6.67 Å². The molecule has 0 aromatic heterocycles. The van der Waals surface area contributed by atoms with Crippen molar-refractivity contribution in [2.75, 3.05) is 26.3 Å². The maximum atomic E-state index is 13.9. The molecular weight excluding hydrogens is 262 g/mol. The smallest absolute Gasteiger partial charge is 0.242 e. The van der Waals surface area contributed by atoms with Crippen LogP contribution in [0.3, 0.4) is 0 Å². The number of nitrogens with one attached hydrogen (secondary N) is 1. The van der Waals surface area contributed by atoms with Crippen LogP contribution in [0.2, 0.25) is 0 Å². The van der Waals surface area contributed by atoms with Crippen molar-refractivity contribution >= 4 is 5.91 Å². The second kappa shape index (κ2) is 7.33. The molecule has 5 heteroatoms. The number of carbonyl (C=O) groups excluding carboxylic acids is 1. The summed E-state index contributed by atoms with van der Waals surface area (Å²) in [5.41, 5.74) is 0.412. The van der Waals surface area contributed by atoms with Crippen molar-refractivity contribution in [3.05, 3.63) is 35.6 Å². The summed E-state index contributed by atoms with van der Waals surface area (Å²) >= 11 is 0. The zero-order chi connectivity index (χ0) is 14.4. The van der Waals surface area contributed by atoms with Gasteiger partial charge in [0.2, 0.25) is 5.91 Å². The summed E-state index contributed by atoms with van der Waals surface area (Å²) in [5, 5.41) is 2.78. The van der Waals surface area contributed by atoms with Gasteiger partial charge in [0, 0.05) is 18.7 Å². The lowest BCUT2D eigenvalue weighted by Crippen LogP contribution is -2.50. The summed E-state index contributed by atoms with van der Waals surface area (Å²) in [6.07, 6.45) is 2.16. The minimum Gasteiger partial charge on any atom is -0.353 e. The molecule has 0 spiro atoms. The Hall–Kier alpha value is -1.49. The number of unbranched alkanes of at least 4 members (excludes halogenated alkanes) is 2. The molecule has 2 rings (SSSR count). The minimum absolute atomic E-state index is 0.160. The molecule has 0 radical (unpaired) electrons. The molecule has 1 aliphatic heterocycles. The van der Waals surface area contributed by atoms with Crippen LogP contribution >= 0.6 is 0 Å². The highest BCUT2D eigenvalue weighted by Crippen LogP contribution is 2.25. The molecule has 1 aromatic carbocycles. The Labute approximate surface area is 118 Å². The molecule has 1 unspecified atom stereocenters. The third kappa shape index (κ3) is 3.54. The number of nitrogens with zero attached hydrogens (tertiary/aromatic N) is 1. The first-order valence-corrected chi connectivity index (χ1v) is 7.06. The van der Waals surface area contributed by atoms with E-state index in [1.54, 1.807) is 18.2 Å². The summed E-state index contributed by atoms with van der Waals surface area (Å²) in [6.45, 7) is 1.65. The molecule has 1 atom stereocenters. The SMILES string of the molecule is O=C1NCCN(CCCCCF)C1c1ccccc1F. The number of halogens is 2. The number of hydrogen-bond acceptors (Lipinski definition) is 2. The van der Waals surface area contributed by atoms with E-state index in [0.717, 1.165) is 12.8 Å². The van der Waals surface area contributed by atoms with Crippen molar-refractivity contribution in [3.8, 4) is 0 Å². The van der Waals surface area contributed by atoms with Crippen LogP contribution in [-0.2, 0) is 4.79 Å². The second-order valence-electron chi connectivity index (χ2n) is 5.00. The van der Waals surface area contributed by atoms with Gasteiger partial charge in [-0.2, -0.15) is 0 Å². The van der Waals surface area contributed by atoms with Gasteiger partial charge in [0.25, 0.3) is 0 Å². The van der Waals surface area contributed by atoms with E-state index in [1.807, 2.05) is 4.90 Å². The molecule has 0 bridgehead atoms. The van der Waals surface area contributed by atoms with E-state index in [2.05, 4.69) is 5.32 Å². The Kier molecular flexibility index (Phi) is 5.47.